The predicted molar refractivity (Wildman–Crippen MR) is 74.5 cm³/mol. The molecule has 0 aliphatic heterocycles. The Kier molecular flexibility index (Phi) is 3.53. The van der Waals surface area contributed by atoms with Crippen molar-refractivity contribution in [2.45, 2.75) is 6.92 Å². The Morgan fingerprint density at radius 1 is 1.33 bits per heavy atom. The van der Waals surface area contributed by atoms with Gasteiger partial charge in [-0.2, -0.15) is 0 Å². The van der Waals surface area contributed by atoms with Crippen LogP contribution in [0.25, 0.3) is 0 Å². The molecule has 1 aromatic carbocycles. The van der Waals surface area contributed by atoms with Gasteiger partial charge in [0.1, 0.15) is 10.8 Å². The number of nitrogens with one attached hydrogen (secondary N) is 1. The van der Waals surface area contributed by atoms with Gasteiger partial charge in [0.25, 0.3) is 0 Å². The number of pyridine rings is 1. The van der Waals surface area contributed by atoms with Gasteiger partial charge in [-0.25, -0.2) is 4.39 Å². The number of rotatable bonds is 3. The molecule has 0 radical (unpaired) electrons. The highest BCUT2D eigenvalue weighted by Crippen LogP contribution is 2.21. The van der Waals surface area contributed by atoms with E-state index in [9.17, 15) is 4.39 Å². The van der Waals surface area contributed by atoms with E-state index in [1.54, 1.807) is 24.4 Å². The zero-order valence-electron chi connectivity index (χ0n) is 9.77. The molecule has 0 atom stereocenters. The number of halogens is 1. The third-order valence-corrected chi connectivity index (χ3v) is 2.70. The summed E-state index contributed by atoms with van der Waals surface area (Å²) in [6.45, 7) is 1.90. The Hall–Kier alpha value is -2.01. The second kappa shape index (κ2) is 5.10. The van der Waals surface area contributed by atoms with Gasteiger partial charge in [-0.1, -0.05) is 18.3 Å². The summed E-state index contributed by atoms with van der Waals surface area (Å²) >= 11 is 4.86. The van der Waals surface area contributed by atoms with Gasteiger partial charge in [-0.3, -0.25) is 4.98 Å². The minimum absolute atomic E-state index is 0.231. The fourth-order valence-corrected chi connectivity index (χ4v) is 1.64. The molecule has 0 saturated heterocycles. The van der Waals surface area contributed by atoms with Crippen LogP contribution < -0.4 is 11.1 Å². The molecule has 0 amide bonds. The van der Waals surface area contributed by atoms with Gasteiger partial charge in [0.15, 0.2) is 0 Å². The van der Waals surface area contributed by atoms with Crippen LogP contribution in [0.5, 0.6) is 0 Å². The van der Waals surface area contributed by atoms with Crippen LogP contribution in [-0.4, -0.2) is 9.97 Å². The zero-order chi connectivity index (χ0) is 13.1. The number of benzene rings is 1. The van der Waals surface area contributed by atoms with Crippen LogP contribution in [0.4, 0.5) is 15.8 Å². The molecule has 0 fully saturated rings. The van der Waals surface area contributed by atoms with Crippen molar-refractivity contribution in [2.75, 3.05) is 5.32 Å². The van der Waals surface area contributed by atoms with E-state index in [-0.39, 0.29) is 10.8 Å². The van der Waals surface area contributed by atoms with Gasteiger partial charge in [0.05, 0.1) is 5.69 Å². The zero-order valence-corrected chi connectivity index (χ0v) is 10.6. The Balaban J connectivity index is 2.31. The van der Waals surface area contributed by atoms with Crippen molar-refractivity contribution in [2.24, 2.45) is 5.73 Å². The van der Waals surface area contributed by atoms with Crippen LogP contribution in [0.3, 0.4) is 0 Å². The molecule has 1 aromatic heterocycles. The number of thiocarbonyl (C=S) groups is 1. The van der Waals surface area contributed by atoms with Crippen molar-refractivity contribution in [3.8, 4) is 0 Å². The summed E-state index contributed by atoms with van der Waals surface area (Å²) in [7, 11) is 0. The van der Waals surface area contributed by atoms with Crippen LogP contribution in [-0.2, 0) is 0 Å². The van der Waals surface area contributed by atoms with E-state index in [0.29, 0.717) is 11.4 Å². The number of aryl methyl sites for hydroxylation is 1. The normalized spacial score (nSPS) is 10.1. The van der Waals surface area contributed by atoms with E-state index in [4.69, 9.17) is 18.0 Å². The first-order valence-corrected chi connectivity index (χ1v) is 5.76. The van der Waals surface area contributed by atoms with Crippen LogP contribution in [0.1, 0.15) is 11.3 Å². The third kappa shape index (κ3) is 2.81. The molecule has 0 bridgehead atoms. The van der Waals surface area contributed by atoms with Gasteiger partial charge in [0.2, 0.25) is 0 Å². The Labute approximate surface area is 110 Å². The topological polar surface area (TPSA) is 50.9 Å². The summed E-state index contributed by atoms with van der Waals surface area (Å²) in [6.07, 6.45) is 1.60. The van der Waals surface area contributed by atoms with Gasteiger partial charge in [-0.15, -0.1) is 0 Å². The standard InChI is InChI=1S/C13H12FN3S/c1-8-2-3-9(14)6-11(8)17-10-4-5-16-12(7-10)13(15)18/h2-7H,1H3,(H2,15,18)(H,16,17). The highest BCUT2D eigenvalue weighted by atomic mass is 32.1. The van der Waals surface area contributed by atoms with Gasteiger partial charge in [-0.05, 0) is 36.8 Å². The third-order valence-electron chi connectivity index (χ3n) is 2.49. The van der Waals surface area contributed by atoms with Crippen LogP contribution in [0, 0.1) is 12.7 Å². The van der Waals surface area contributed by atoms with E-state index in [2.05, 4.69) is 10.3 Å². The number of anilines is 2. The second-order valence-corrected chi connectivity index (χ2v) is 4.32. The summed E-state index contributed by atoms with van der Waals surface area (Å²) in [5.41, 5.74) is 8.46. The maximum absolute atomic E-state index is 13.2. The molecule has 92 valence electrons. The van der Waals surface area contributed by atoms with E-state index in [1.807, 2.05) is 6.92 Å². The summed E-state index contributed by atoms with van der Waals surface area (Å²) in [4.78, 5) is 4.27. The van der Waals surface area contributed by atoms with Crippen molar-refractivity contribution in [3.63, 3.8) is 0 Å². The molecular formula is C13H12FN3S. The lowest BCUT2D eigenvalue weighted by Crippen LogP contribution is -2.11. The first kappa shape index (κ1) is 12.4. The molecule has 5 heteroatoms. The molecule has 0 spiro atoms. The molecule has 2 aromatic rings. The fraction of sp³-hybridized carbons (Fsp3) is 0.0769. The average Bonchev–Trinajstić information content (AvgIpc) is 2.34. The monoisotopic (exact) mass is 261 g/mol. The van der Waals surface area contributed by atoms with Crippen molar-refractivity contribution in [3.05, 3.63) is 53.6 Å². The van der Waals surface area contributed by atoms with Gasteiger partial charge < -0.3 is 11.1 Å². The molecule has 0 unspecified atom stereocenters. The number of nitrogens with two attached hydrogens (primary N) is 1. The number of hydrogen-bond acceptors (Lipinski definition) is 3. The lowest BCUT2D eigenvalue weighted by atomic mass is 10.2. The highest BCUT2D eigenvalue weighted by Gasteiger charge is 2.03. The molecular weight excluding hydrogens is 249 g/mol. The van der Waals surface area contributed by atoms with E-state index in [1.165, 1.54) is 12.1 Å². The second-order valence-electron chi connectivity index (χ2n) is 3.88. The fourth-order valence-electron chi connectivity index (χ4n) is 1.53. The van der Waals surface area contributed by atoms with Crippen molar-refractivity contribution in [1.29, 1.82) is 0 Å². The Morgan fingerprint density at radius 3 is 2.83 bits per heavy atom. The molecule has 2 rings (SSSR count). The summed E-state index contributed by atoms with van der Waals surface area (Å²) < 4.78 is 13.2. The maximum atomic E-state index is 13.2. The molecule has 18 heavy (non-hydrogen) atoms. The Morgan fingerprint density at radius 2 is 2.11 bits per heavy atom. The van der Waals surface area contributed by atoms with Crippen LogP contribution in [0.15, 0.2) is 36.5 Å². The van der Waals surface area contributed by atoms with Gasteiger partial charge >= 0.3 is 0 Å². The lowest BCUT2D eigenvalue weighted by molar-refractivity contribution is 0.628. The number of aromatic nitrogens is 1. The maximum Gasteiger partial charge on any atom is 0.125 e. The summed E-state index contributed by atoms with van der Waals surface area (Å²) in [6, 6.07) is 8.08. The smallest absolute Gasteiger partial charge is 0.125 e. The van der Waals surface area contributed by atoms with E-state index >= 15 is 0 Å². The largest absolute Gasteiger partial charge is 0.388 e. The molecule has 3 nitrogen and oxygen atoms in total. The van der Waals surface area contributed by atoms with E-state index in [0.717, 1.165) is 11.3 Å². The first-order chi connectivity index (χ1) is 8.56. The number of hydrogen-bond donors (Lipinski definition) is 2. The SMILES string of the molecule is Cc1ccc(F)cc1Nc1ccnc(C(N)=S)c1. The molecule has 3 N–H and O–H groups in total. The first-order valence-electron chi connectivity index (χ1n) is 5.35. The van der Waals surface area contributed by atoms with Crippen LogP contribution in [0.2, 0.25) is 0 Å². The Bertz CT molecular complexity index is 599. The minimum Gasteiger partial charge on any atom is -0.388 e. The van der Waals surface area contributed by atoms with Crippen LogP contribution >= 0.6 is 12.2 Å². The molecule has 1 heterocycles. The number of nitrogens with zero attached hydrogens (tertiary/aromatic N) is 1. The molecule has 0 aliphatic carbocycles. The van der Waals surface area contributed by atoms with Crippen molar-refractivity contribution in [1.82, 2.24) is 4.98 Å². The minimum atomic E-state index is -0.285. The summed E-state index contributed by atoms with van der Waals surface area (Å²) in [5.74, 6) is -0.285. The van der Waals surface area contributed by atoms with Gasteiger partial charge in [0, 0.05) is 17.6 Å². The van der Waals surface area contributed by atoms with E-state index < -0.39 is 0 Å². The van der Waals surface area contributed by atoms with Crippen molar-refractivity contribution < 1.29 is 4.39 Å². The predicted octanol–water partition coefficient (Wildman–Crippen LogP) is 2.91. The average molecular weight is 261 g/mol. The lowest BCUT2D eigenvalue weighted by Gasteiger charge is -2.10. The quantitative estimate of drug-likeness (QED) is 0.834. The highest BCUT2D eigenvalue weighted by molar-refractivity contribution is 7.80. The summed E-state index contributed by atoms with van der Waals surface area (Å²) in [5, 5.41) is 3.11. The molecule has 0 saturated carbocycles. The molecule has 0 aliphatic rings. The van der Waals surface area contributed by atoms with Crippen molar-refractivity contribution >= 4 is 28.6 Å².